The van der Waals surface area contributed by atoms with E-state index < -0.39 is 0 Å². The van der Waals surface area contributed by atoms with E-state index >= 15 is 0 Å². The van der Waals surface area contributed by atoms with Crippen LogP contribution in [0.5, 0.6) is 11.5 Å². The summed E-state index contributed by atoms with van der Waals surface area (Å²) < 4.78 is 10.4. The lowest BCUT2D eigenvalue weighted by atomic mass is 10.2. The largest absolute Gasteiger partial charge is 0.493 e. The van der Waals surface area contributed by atoms with E-state index in [4.69, 9.17) is 9.47 Å². The zero-order chi connectivity index (χ0) is 18.2. The van der Waals surface area contributed by atoms with Gasteiger partial charge in [-0.15, -0.1) is 0 Å². The summed E-state index contributed by atoms with van der Waals surface area (Å²) in [6, 6.07) is 14.5. The molecule has 0 heterocycles. The fourth-order valence-electron chi connectivity index (χ4n) is 2.38. The summed E-state index contributed by atoms with van der Waals surface area (Å²) >= 11 is 0. The Hall–Kier alpha value is -3.02. The zero-order valence-corrected chi connectivity index (χ0v) is 14.6. The van der Waals surface area contributed by atoms with Crippen molar-refractivity contribution in [3.63, 3.8) is 0 Å². The number of amides is 2. The normalized spacial score (nSPS) is 10.0. The lowest BCUT2D eigenvalue weighted by Gasteiger charge is -2.20. The molecule has 0 aliphatic carbocycles. The summed E-state index contributed by atoms with van der Waals surface area (Å²) in [6.45, 7) is 1.74. The molecule has 0 spiro atoms. The van der Waals surface area contributed by atoms with Gasteiger partial charge in [-0.05, 0) is 29.8 Å². The number of ether oxygens (including phenoxy) is 2. The lowest BCUT2D eigenvalue weighted by Crippen LogP contribution is -2.39. The van der Waals surface area contributed by atoms with Crippen molar-refractivity contribution in [3.05, 3.63) is 54.1 Å². The Morgan fingerprint density at radius 2 is 1.68 bits per heavy atom. The van der Waals surface area contributed by atoms with Gasteiger partial charge in [0.15, 0.2) is 11.5 Å². The van der Waals surface area contributed by atoms with Crippen LogP contribution in [0.1, 0.15) is 12.5 Å². The van der Waals surface area contributed by atoms with Gasteiger partial charge in [-0.2, -0.15) is 0 Å². The Labute approximate surface area is 147 Å². The van der Waals surface area contributed by atoms with Crippen LogP contribution in [0.3, 0.4) is 0 Å². The van der Waals surface area contributed by atoms with Gasteiger partial charge in [-0.1, -0.05) is 24.3 Å². The third kappa shape index (κ3) is 4.97. The molecule has 6 heteroatoms. The summed E-state index contributed by atoms with van der Waals surface area (Å²) in [4.78, 5) is 25.5. The van der Waals surface area contributed by atoms with Gasteiger partial charge >= 0.3 is 0 Å². The van der Waals surface area contributed by atoms with Crippen molar-refractivity contribution in [2.75, 3.05) is 25.7 Å². The number of carbonyl (C=O) groups is 2. The number of rotatable bonds is 7. The van der Waals surface area contributed by atoms with Gasteiger partial charge < -0.3 is 19.7 Å². The van der Waals surface area contributed by atoms with E-state index in [0.717, 1.165) is 5.56 Å². The van der Waals surface area contributed by atoms with Crippen LogP contribution < -0.4 is 19.7 Å². The van der Waals surface area contributed by atoms with Gasteiger partial charge in [0.2, 0.25) is 11.8 Å². The average Bonchev–Trinajstić information content (AvgIpc) is 2.64. The molecule has 2 rings (SSSR count). The zero-order valence-electron chi connectivity index (χ0n) is 14.6. The number of nitrogens with zero attached hydrogens (tertiary/aromatic N) is 1. The van der Waals surface area contributed by atoms with Gasteiger partial charge in [-0.25, -0.2) is 0 Å². The highest BCUT2D eigenvalue weighted by molar-refractivity contribution is 5.97. The Kier molecular flexibility index (Phi) is 6.39. The predicted octanol–water partition coefficient (Wildman–Crippen LogP) is 2.37. The van der Waals surface area contributed by atoms with Gasteiger partial charge in [0.05, 0.1) is 14.2 Å². The second-order valence-electron chi connectivity index (χ2n) is 5.41. The van der Waals surface area contributed by atoms with Gasteiger partial charge in [0, 0.05) is 19.2 Å². The number of carbonyl (C=O) groups excluding carboxylic acids is 2. The molecule has 25 heavy (non-hydrogen) atoms. The first-order valence-corrected chi connectivity index (χ1v) is 7.86. The number of hydrogen-bond donors (Lipinski definition) is 1. The molecular formula is C19H22N2O4. The van der Waals surface area contributed by atoms with Gasteiger partial charge in [0.25, 0.3) is 0 Å². The highest BCUT2D eigenvalue weighted by atomic mass is 16.5. The van der Waals surface area contributed by atoms with Crippen LogP contribution >= 0.6 is 0 Å². The van der Waals surface area contributed by atoms with E-state index in [0.29, 0.717) is 23.7 Å². The maximum absolute atomic E-state index is 12.2. The monoisotopic (exact) mass is 342 g/mol. The highest BCUT2D eigenvalue weighted by Crippen LogP contribution is 2.27. The SMILES string of the molecule is COc1ccc(CNC(=O)CN(C(C)=O)c2ccccc2)cc1OC. The first-order chi connectivity index (χ1) is 12.0. The van der Waals surface area contributed by atoms with E-state index in [-0.39, 0.29) is 18.4 Å². The molecule has 0 saturated heterocycles. The summed E-state index contributed by atoms with van der Waals surface area (Å²) in [6.07, 6.45) is 0. The maximum atomic E-state index is 12.2. The van der Waals surface area contributed by atoms with Crippen LogP contribution in [-0.2, 0) is 16.1 Å². The molecule has 2 aromatic carbocycles. The summed E-state index contributed by atoms with van der Waals surface area (Å²) in [5.41, 5.74) is 1.57. The van der Waals surface area contributed by atoms with Crippen LogP contribution in [0.4, 0.5) is 5.69 Å². The Morgan fingerprint density at radius 1 is 1.00 bits per heavy atom. The fourth-order valence-corrected chi connectivity index (χ4v) is 2.38. The van der Waals surface area contributed by atoms with E-state index in [1.54, 1.807) is 38.5 Å². The van der Waals surface area contributed by atoms with Crippen molar-refractivity contribution < 1.29 is 19.1 Å². The average molecular weight is 342 g/mol. The Morgan fingerprint density at radius 3 is 2.28 bits per heavy atom. The van der Waals surface area contributed by atoms with Crippen molar-refractivity contribution in [1.82, 2.24) is 5.32 Å². The maximum Gasteiger partial charge on any atom is 0.240 e. The highest BCUT2D eigenvalue weighted by Gasteiger charge is 2.15. The second-order valence-corrected chi connectivity index (χ2v) is 5.41. The molecule has 0 unspecified atom stereocenters. The second kappa shape index (κ2) is 8.73. The fraction of sp³-hybridized carbons (Fsp3) is 0.263. The van der Waals surface area contributed by atoms with Gasteiger partial charge in [0.1, 0.15) is 6.54 Å². The molecule has 0 aliphatic rings. The lowest BCUT2D eigenvalue weighted by molar-refractivity contribution is -0.123. The standard InChI is InChI=1S/C19H22N2O4/c1-14(22)21(16-7-5-4-6-8-16)13-19(23)20-12-15-9-10-17(24-2)18(11-15)25-3/h4-11H,12-13H2,1-3H3,(H,20,23). The number of anilines is 1. The van der Waals surface area contributed by atoms with E-state index in [1.165, 1.54) is 11.8 Å². The van der Waals surface area contributed by atoms with E-state index in [2.05, 4.69) is 5.32 Å². The molecule has 0 atom stereocenters. The molecule has 2 amide bonds. The molecule has 0 bridgehead atoms. The van der Waals surface area contributed by atoms with Crippen molar-refractivity contribution in [3.8, 4) is 11.5 Å². The molecule has 0 fully saturated rings. The minimum absolute atomic E-state index is 0.0351. The predicted molar refractivity (Wildman–Crippen MR) is 95.9 cm³/mol. The molecule has 0 saturated carbocycles. The van der Waals surface area contributed by atoms with Crippen molar-refractivity contribution in [2.24, 2.45) is 0 Å². The van der Waals surface area contributed by atoms with Crippen LogP contribution in [0.25, 0.3) is 0 Å². The Bertz CT molecular complexity index is 731. The smallest absolute Gasteiger partial charge is 0.240 e. The number of para-hydroxylation sites is 1. The molecule has 6 nitrogen and oxygen atoms in total. The minimum Gasteiger partial charge on any atom is -0.493 e. The van der Waals surface area contributed by atoms with E-state index in [1.807, 2.05) is 24.3 Å². The molecule has 0 radical (unpaired) electrons. The van der Waals surface area contributed by atoms with E-state index in [9.17, 15) is 9.59 Å². The first kappa shape index (κ1) is 18.3. The summed E-state index contributed by atoms with van der Waals surface area (Å²) in [5, 5.41) is 2.81. The third-order valence-electron chi connectivity index (χ3n) is 3.69. The van der Waals surface area contributed by atoms with Crippen molar-refractivity contribution in [1.29, 1.82) is 0 Å². The minimum atomic E-state index is -0.242. The van der Waals surface area contributed by atoms with Crippen LogP contribution in [0.2, 0.25) is 0 Å². The first-order valence-electron chi connectivity index (χ1n) is 7.86. The summed E-state index contributed by atoms with van der Waals surface area (Å²) in [5.74, 6) is 0.801. The van der Waals surface area contributed by atoms with Gasteiger partial charge in [-0.3, -0.25) is 9.59 Å². The third-order valence-corrected chi connectivity index (χ3v) is 3.69. The number of hydrogen-bond acceptors (Lipinski definition) is 4. The molecule has 0 aromatic heterocycles. The topological polar surface area (TPSA) is 67.9 Å². The number of nitrogens with one attached hydrogen (secondary N) is 1. The molecular weight excluding hydrogens is 320 g/mol. The van der Waals surface area contributed by atoms with Crippen LogP contribution in [0.15, 0.2) is 48.5 Å². The van der Waals surface area contributed by atoms with Crippen LogP contribution in [0, 0.1) is 0 Å². The van der Waals surface area contributed by atoms with Crippen molar-refractivity contribution in [2.45, 2.75) is 13.5 Å². The molecule has 1 N–H and O–H groups in total. The molecule has 2 aromatic rings. The Balaban J connectivity index is 1.99. The molecule has 132 valence electrons. The number of benzene rings is 2. The summed E-state index contributed by atoms with van der Waals surface area (Å²) in [7, 11) is 3.13. The van der Waals surface area contributed by atoms with Crippen LogP contribution in [-0.4, -0.2) is 32.6 Å². The van der Waals surface area contributed by atoms with Crippen molar-refractivity contribution >= 4 is 17.5 Å². The quantitative estimate of drug-likeness (QED) is 0.839. The number of methoxy groups -OCH3 is 2. The molecule has 0 aliphatic heterocycles.